The first-order valence-corrected chi connectivity index (χ1v) is 8.39. The van der Waals surface area contributed by atoms with Gasteiger partial charge in [0.2, 0.25) is 11.6 Å². The Morgan fingerprint density at radius 2 is 1.59 bits per heavy atom. The van der Waals surface area contributed by atoms with E-state index in [-0.39, 0.29) is 11.5 Å². The molecule has 150 valence electrons. The number of halogens is 3. The van der Waals surface area contributed by atoms with Crippen molar-refractivity contribution in [1.29, 1.82) is 0 Å². The van der Waals surface area contributed by atoms with E-state index in [9.17, 15) is 18.0 Å². The third-order valence-corrected chi connectivity index (χ3v) is 3.28. The van der Waals surface area contributed by atoms with Gasteiger partial charge in [0.05, 0.1) is 11.4 Å². The lowest BCUT2D eigenvalue weighted by Crippen LogP contribution is -2.11. The Morgan fingerprint density at radius 3 is 2.14 bits per heavy atom. The molecular formula is C20H18F3N5O. The van der Waals surface area contributed by atoms with Crippen LogP contribution in [0.3, 0.4) is 0 Å². The van der Waals surface area contributed by atoms with Crippen molar-refractivity contribution < 1.29 is 18.0 Å². The fourth-order valence-corrected chi connectivity index (χ4v) is 1.96. The number of hydrogen-bond donors (Lipinski definition) is 0. The summed E-state index contributed by atoms with van der Waals surface area (Å²) in [6, 6.07) is 11.6. The van der Waals surface area contributed by atoms with E-state index in [0.29, 0.717) is 11.4 Å². The molecule has 3 rings (SSSR count). The smallest absolute Gasteiger partial charge is 0.383 e. The second-order valence-corrected chi connectivity index (χ2v) is 5.84. The number of aromatic nitrogens is 4. The minimum atomic E-state index is -4.54. The zero-order valence-corrected chi connectivity index (χ0v) is 15.7. The zero-order valence-electron chi connectivity index (χ0n) is 15.7. The summed E-state index contributed by atoms with van der Waals surface area (Å²) >= 11 is 0. The maximum absolute atomic E-state index is 12.3. The Kier molecular flexibility index (Phi) is 7.53. The van der Waals surface area contributed by atoms with E-state index in [1.807, 2.05) is 14.1 Å². The van der Waals surface area contributed by atoms with Crippen LogP contribution in [0.1, 0.15) is 16.3 Å². The average molecular weight is 401 g/mol. The van der Waals surface area contributed by atoms with E-state index in [2.05, 4.69) is 19.9 Å². The minimum absolute atomic E-state index is 0.0747. The Hall–Kier alpha value is -3.62. The summed E-state index contributed by atoms with van der Waals surface area (Å²) in [5.74, 6) is -1.23. The maximum Gasteiger partial charge on any atom is 0.451 e. The number of nitrogens with zero attached hydrogens (tertiary/aromatic N) is 5. The Bertz CT molecular complexity index is 945. The number of alkyl halides is 3. The first kappa shape index (κ1) is 21.7. The van der Waals surface area contributed by atoms with Crippen molar-refractivity contribution in [2.45, 2.75) is 6.18 Å². The summed E-state index contributed by atoms with van der Waals surface area (Å²) in [6.07, 6.45) is 2.84. The number of pyridine rings is 2. The SMILES string of the molecule is CN(C)/C=C/C(=O)c1ccccn1.FC(F)(F)c1nccc(-c2ccccn2)n1. The van der Waals surface area contributed by atoms with Crippen molar-refractivity contribution in [2.24, 2.45) is 0 Å². The normalized spacial score (nSPS) is 10.9. The molecule has 0 aromatic carbocycles. The van der Waals surface area contributed by atoms with Gasteiger partial charge in [-0.15, -0.1) is 0 Å². The third kappa shape index (κ3) is 7.13. The molecule has 0 aliphatic heterocycles. The molecule has 0 aliphatic rings. The lowest BCUT2D eigenvalue weighted by Gasteiger charge is -2.05. The lowest BCUT2D eigenvalue weighted by atomic mass is 10.2. The van der Waals surface area contributed by atoms with Gasteiger partial charge in [-0.05, 0) is 30.3 Å². The number of allylic oxidation sites excluding steroid dienone is 1. The molecule has 0 amide bonds. The molecule has 0 unspecified atom stereocenters. The van der Waals surface area contributed by atoms with Crippen LogP contribution < -0.4 is 0 Å². The van der Waals surface area contributed by atoms with Gasteiger partial charge >= 0.3 is 6.18 Å². The van der Waals surface area contributed by atoms with Crippen LogP contribution in [0.4, 0.5) is 13.2 Å². The Labute approximate surface area is 165 Å². The molecule has 3 aromatic heterocycles. The van der Waals surface area contributed by atoms with Crippen molar-refractivity contribution in [1.82, 2.24) is 24.8 Å². The van der Waals surface area contributed by atoms with Crippen molar-refractivity contribution in [3.05, 3.63) is 84.8 Å². The predicted octanol–water partition coefficient (Wildman–Crippen LogP) is 3.90. The monoisotopic (exact) mass is 401 g/mol. The van der Waals surface area contributed by atoms with Gasteiger partial charge in [-0.1, -0.05) is 12.1 Å². The van der Waals surface area contributed by atoms with Gasteiger partial charge in [-0.3, -0.25) is 14.8 Å². The van der Waals surface area contributed by atoms with Gasteiger partial charge in [0.1, 0.15) is 5.69 Å². The molecule has 29 heavy (non-hydrogen) atoms. The molecule has 0 saturated carbocycles. The summed E-state index contributed by atoms with van der Waals surface area (Å²) in [4.78, 5) is 27.6. The summed E-state index contributed by atoms with van der Waals surface area (Å²) in [5.41, 5.74) is 1.01. The second-order valence-electron chi connectivity index (χ2n) is 5.84. The van der Waals surface area contributed by atoms with Crippen molar-refractivity contribution in [3.8, 4) is 11.4 Å². The molecule has 3 heterocycles. The van der Waals surface area contributed by atoms with Crippen molar-refractivity contribution >= 4 is 5.78 Å². The molecule has 0 spiro atoms. The molecule has 9 heteroatoms. The van der Waals surface area contributed by atoms with Crippen molar-refractivity contribution in [2.75, 3.05) is 14.1 Å². The number of carbonyl (C=O) groups is 1. The fourth-order valence-electron chi connectivity index (χ4n) is 1.96. The first-order chi connectivity index (χ1) is 13.8. The van der Waals surface area contributed by atoms with E-state index in [0.717, 1.165) is 6.20 Å². The van der Waals surface area contributed by atoms with Gasteiger partial charge < -0.3 is 4.90 Å². The van der Waals surface area contributed by atoms with Gasteiger partial charge in [0, 0.05) is 45.0 Å². The van der Waals surface area contributed by atoms with Crippen LogP contribution in [0, 0.1) is 0 Å². The van der Waals surface area contributed by atoms with E-state index >= 15 is 0 Å². The van der Waals surface area contributed by atoms with E-state index in [1.165, 1.54) is 18.3 Å². The van der Waals surface area contributed by atoms with Crippen LogP contribution in [0.2, 0.25) is 0 Å². The van der Waals surface area contributed by atoms with Crippen LogP contribution in [0.5, 0.6) is 0 Å². The molecule has 0 aliphatic carbocycles. The summed E-state index contributed by atoms with van der Waals surface area (Å²) < 4.78 is 37.0. The quantitative estimate of drug-likeness (QED) is 0.488. The van der Waals surface area contributed by atoms with Crippen molar-refractivity contribution in [3.63, 3.8) is 0 Å². The summed E-state index contributed by atoms with van der Waals surface area (Å²) in [6.45, 7) is 0. The third-order valence-electron chi connectivity index (χ3n) is 3.28. The molecule has 0 fully saturated rings. The number of rotatable bonds is 4. The molecule has 0 saturated heterocycles. The van der Waals surface area contributed by atoms with Crippen LogP contribution in [-0.2, 0) is 6.18 Å². The van der Waals surface area contributed by atoms with E-state index in [1.54, 1.807) is 53.7 Å². The minimum Gasteiger partial charge on any atom is -0.383 e. The largest absolute Gasteiger partial charge is 0.451 e. The molecule has 0 radical (unpaired) electrons. The maximum atomic E-state index is 12.3. The van der Waals surface area contributed by atoms with E-state index in [4.69, 9.17) is 0 Å². The first-order valence-electron chi connectivity index (χ1n) is 8.39. The lowest BCUT2D eigenvalue weighted by molar-refractivity contribution is -0.144. The zero-order chi connectivity index (χ0) is 21.3. The van der Waals surface area contributed by atoms with Gasteiger partial charge in [0.25, 0.3) is 0 Å². The predicted molar refractivity (Wildman–Crippen MR) is 102 cm³/mol. The van der Waals surface area contributed by atoms with Gasteiger partial charge in [-0.25, -0.2) is 9.97 Å². The molecule has 6 nitrogen and oxygen atoms in total. The number of ketones is 1. The fraction of sp³-hybridized carbons (Fsp3) is 0.150. The standard InChI is InChI=1S/C10H6F3N3.C10H12N2O/c11-10(12,13)9-15-6-4-8(16-9)7-3-1-2-5-14-7;1-12(2)8-6-10(13)9-5-3-4-7-11-9/h1-6H;3-8H,1-2H3/b;8-6+. The molecule has 3 aromatic rings. The Morgan fingerprint density at radius 1 is 0.897 bits per heavy atom. The Balaban J connectivity index is 0.000000212. The van der Waals surface area contributed by atoms with Crippen LogP contribution in [-0.4, -0.2) is 44.7 Å². The topological polar surface area (TPSA) is 71.9 Å². The average Bonchev–Trinajstić information content (AvgIpc) is 2.73. The molecule has 0 atom stereocenters. The molecule has 0 N–H and O–H groups in total. The number of carbonyl (C=O) groups excluding carboxylic acids is 1. The molecule has 0 bridgehead atoms. The highest BCUT2D eigenvalue weighted by molar-refractivity contribution is 6.02. The highest BCUT2D eigenvalue weighted by atomic mass is 19.4. The van der Waals surface area contributed by atoms with Crippen LogP contribution in [0.25, 0.3) is 11.4 Å². The highest BCUT2D eigenvalue weighted by Gasteiger charge is 2.34. The summed E-state index contributed by atoms with van der Waals surface area (Å²) in [5, 5.41) is 0. The summed E-state index contributed by atoms with van der Waals surface area (Å²) in [7, 11) is 3.73. The van der Waals surface area contributed by atoms with Crippen LogP contribution in [0.15, 0.2) is 73.3 Å². The van der Waals surface area contributed by atoms with Crippen LogP contribution >= 0.6 is 0 Å². The number of hydrogen-bond acceptors (Lipinski definition) is 6. The highest BCUT2D eigenvalue weighted by Crippen LogP contribution is 2.27. The van der Waals surface area contributed by atoms with E-state index < -0.39 is 12.0 Å². The second kappa shape index (κ2) is 10.1. The van der Waals surface area contributed by atoms with Gasteiger partial charge in [-0.2, -0.15) is 13.2 Å². The molecular weight excluding hydrogens is 383 g/mol. The van der Waals surface area contributed by atoms with Gasteiger partial charge in [0.15, 0.2) is 0 Å².